The van der Waals surface area contributed by atoms with Crippen LogP contribution in [0.5, 0.6) is 5.75 Å². The molecule has 0 saturated carbocycles. The number of fused-ring (bicyclic) bond motifs is 3. The predicted molar refractivity (Wildman–Crippen MR) is 121 cm³/mol. The van der Waals surface area contributed by atoms with Gasteiger partial charge < -0.3 is 20.1 Å². The van der Waals surface area contributed by atoms with E-state index in [1.807, 2.05) is 6.07 Å². The second-order valence-corrected chi connectivity index (χ2v) is 9.73. The molecule has 1 unspecified atom stereocenters. The third-order valence-electron chi connectivity index (χ3n) is 5.78. The highest BCUT2D eigenvalue weighted by molar-refractivity contribution is 7.89. The first-order valence-electron chi connectivity index (χ1n) is 10.7. The zero-order chi connectivity index (χ0) is 21.8. The van der Waals surface area contributed by atoms with Crippen LogP contribution in [-0.4, -0.2) is 45.3 Å². The molecule has 7 nitrogen and oxygen atoms in total. The highest BCUT2D eigenvalue weighted by Gasteiger charge is 2.16. The monoisotopic (exact) mass is 443 g/mol. The van der Waals surface area contributed by atoms with Crippen molar-refractivity contribution in [3.8, 4) is 5.75 Å². The molecule has 0 spiro atoms. The number of sulfonamides is 1. The van der Waals surface area contributed by atoms with Crippen LogP contribution in [0.1, 0.15) is 35.8 Å². The Morgan fingerprint density at radius 1 is 1.16 bits per heavy atom. The molecule has 0 fully saturated rings. The number of benzene rings is 2. The van der Waals surface area contributed by atoms with E-state index in [-0.39, 0.29) is 4.90 Å². The zero-order valence-corrected chi connectivity index (χ0v) is 18.5. The molecule has 1 atom stereocenters. The predicted octanol–water partition coefficient (Wildman–Crippen LogP) is 2.66. The van der Waals surface area contributed by atoms with E-state index in [1.54, 1.807) is 12.1 Å². The van der Waals surface area contributed by atoms with Crippen LogP contribution >= 0.6 is 0 Å². The standard InChI is InChI=1S/C23H29N3O4S/c1-24-31(28,29)18-6-4-5-16(13-18)23(27)15-25-11-12-30-17-9-10-20-19-7-2-3-8-21(19)26-22(20)14-17/h4-6,9-10,13-14,23-27H,2-3,7-8,11-12,15H2,1H3. The average Bonchev–Trinajstić information content (AvgIpc) is 3.16. The summed E-state index contributed by atoms with van der Waals surface area (Å²) >= 11 is 0. The van der Waals surface area contributed by atoms with E-state index in [9.17, 15) is 13.5 Å². The van der Waals surface area contributed by atoms with Gasteiger partial charge in [-0.05, 0) is 68.1 Å². The lowest BCUT2D eigenvalue weighted by molar-refractivity contribution is 0.171. The molecule has 3 aromatic rings. The van der Waals surface area contributed by atoms with E-state index in [2.05, 4.69) is 27.2 Å². The molecule has 0 bridgehead atoms. The second-order valence-electron chi connectivity index (χ2n) is 7.85. The normalized spacial score (nSPS) is 15.0. The highest BCUT2D eigenvalue weighted by Crippen LogP contribution is 2.31. The number of aliphatic hydroxyl groups excluding tert-OH is 1. The Bertz CT molecular complexity index is 1160. The first-order valence-corrected chi connectivity index (χ1v) is 12.1. The van der Waals surface area contributed by atoms with Crippen molar-refractivity contribution in [2.45, 2.75) is 36.7 Å². The van der Waals surface area contributed by atoms with Crippen molar-refractivity contribution in [1.82, 2.24) is 15.0 Å². The lowest BCUT2D eigenvalue weighted by Crippen LogP contribution is -2.26. The molecule has 0 saturated heterocycles. The number of aliphatic hydroxyl groups is 1. The van der Waals surface area contributed by atoms with Crippen LogP contribution in [0.15, 0.2) is 47.4 Å². The van der Waals surface area contributed by atoms with E-state index in [4.69, 9.17) is 4.74 Å². The van der Waals surface area contributed by atoms with Crippen molar-refractivity contribution in [2.75, 3.05) is 26.7 Å². The quantitative estimate of drug-likeness (QED) is 0.381. The molecule has 1 aromatic heterocycles. The number of aromatic nitrogens is 1. The Balaban J connectivity index is 1.27. The fourth-order valence-electron chi connectivity index (χ4n) is 4.09. The zero-order valence-electron chi connectivity index (χ0n) is 17.6. The molecule has 1 aliphatic rings. The number of rotatable bonds is 9. The molecule has 166 valence electrons. The summed E-state index contributed by atoms with van der Waals surface area (Å²) < 4.78 is 32.0. The number of aromatic amines is 1. The first kappa shape index (κ1) is 21.8. The Hall–Kier alpha value is -2.39. The molecule has 4 N–H and O–H groups in total. The van der Waals surface area contributed by atoms with E-state index < -0.39 is 16.1 Å². The van der Waals surface area contributed by atoms with Crippen molar-refractivity contribution in [1.29, 1.82) is 0 Å². The maximum atomic E-state index is 11.9. The average molecular weight is 444 g/mol. The van der Waals surface area contributed by atoms with Crippen LogP contribution in [0.25, 0.3) is 10.9 Å². The topological polar surface area (TPSA) is 103 Å². The van der Waals surface area contributed by atoms with Crippen LogP contribution in [-0.2, 0) is 22.9 Å². The van der Waals surface area contributed by atoms with Crippen LogP contribution in [0.2, 0.25) is 0 Å². The highest BCUT2D eigenvalue weighted by atomic mass is 32.2. The van der Waals surface area contributed by atoms with Crippen LogP contribution in [0.3, 0.4) is 0 Å². The Morgan fingerprint density at radius 3 is 2.84 bits per heavy atom. The molecule has 8 heteroatoms. The molecule has 2 aromatic carbocycles. The molecular formula is C23H29N3O4S. The fraction of sp³-hybridized carbons (Fsp3) is 0.391. The third-order valence-corrected chi connectivity index (χ3v) is 7.19. The van der Waals surface area contributed by atoms with Gasteiger partial charge in [0.15, 0.2) is 0 Å². The molecule has 0 amide bonds. The van der Waals surface area contributed by atoms with Crippen molar-refractivity contribution in [3.05, 3.63) is 59.3 Å². The van der Waals surface area contributed by atoms with Gasteiger partial charge in [0.2, 0.25) is 10.0 Å². The van der Waals surface area contributed by atoms with Gasteiger partial charge in [-0.3, -0.25) is 0 Å². The SMILES string of the molecule is CNS(=O)(=O)c1cccc(C(O)CNCCOc2ccc3c4c([nH]c3c2)CCCC4)c1. The number of nitrogens with one attached hydrogen (secondary N) is 3. The van der Waals surface area contributed by atoms with E-state index in [0.29, 0.717) is 25.3 Å². The summed E-state index contributed by atoms with van der Waals surface area (Å²) in [4.78, 5) is 3.67. The molecule has 1 aliphatic carbocycles. The van der Waals surface area contributed by atoms with Gasteiger partial charge in [-0.2, -0.15) is 0 Å². The summed E-state index contributed by atoms with van der Waals surface area (Å²) in [6.07, 6.45) is 3.96. The molecule has 0 radical (unpaired) electrons. The summed E-state index contributed by atoms with van der Waals surface area (Å²) in [7, 11) is -2.17. The van der Waals surface area contributed by atoms with Gasteiger partial charge in [0.1, 0.15) is 12.4 Å². The smallest absolute Gasteiger partial charge is 0.240 e. The lowest BCUT2D eigenvalue weighted by atomic mass is 9.96. The summed E-state index contributed by atoms with van der Waals surface area (Å²) in [5.41, 5.74) is 4.49. The summed E-state index contributed by atoms with van der Waals surface area (Å²) in [5.74, 6) is 0.818. The van der Waals surface area contributed by atoms with Crippen LogP contribution in [0, 0.1) is 0 Å². The summed E-state index contributed by atoms with van der Waals surface area (Å²) in [5, 5.41) is 14.8. The van der Waals surface area contributed by atoms with Gasteiger partial charge >= 0.3 is 0 Å². The van der Waals surface area contributed by atoms with Crippen molar-refractivity contribution >= 4 is 20.9 Å². The van der Waals surface area contributed by atoms with Gasteiger partial charge in [-0.25, -0.2) is 13.1 Å². The Labute approximate surface area is 182 Å². The van der Waals surface area contributed by atoms with E-state index in [0.717, 1.165) is 24.1 Å². The number of aryl methyl sites for hydroxylation is 2. The van der Waals surface area contributed by atoms with E-state index >= 15 is 0 Å². The first-order chi connectivity index (χ1) is 15.0. The maximum Gasteiger partial charge on any atom is 0.240 e. The molecular weight excluding hydrogens is 414 g/mol. The van der Waals surface area contributed by atoms with Gasteiger partial charge in [-0.1, -0.05) is 12.1 Å². The minimum absolute atomic E-state index is 0.135. The third kappa shape index (κ3) is 4.93. The number of H-pyrrole nitrogens is 1. The lowest BCUT2D eigenvalue weighted by Gasteiger charge is -2.14. The number of hydrogen-bond acceptors (Lipinski definition) is 5. The van der Waals surface area contributed by atoms with Crippen LogP contribution < -0.4 is 14.8 Å². The van der Waals surface area contributed by atoms with Gasteiger partial charge in [0.05, 0.1) is 11.0 Å². The Morgan fingerprint density at radius 2 is 2.00 bits per heavy atom. The molecule has 0 aliphatic heterocycles. The number of ether oxygens (including phenoxy) is 1. The molecule has 31 heavy (non-hydrogen) atoms. The fourth-order valence-corrected chi connectivity index (χ4v) is 4.87. The molecule has 1 heterocycles. The largest absolute Gasteiger partial charge is 0.492 e. The van der Waals surface area contributed by atoms with Crippen molar-refractivity contribution in [3.63, 3.8) is 0 Å². The van der Waals surface area contributed by atoms with Gasteiger partial charge in [-0.15, -0.1) is 0 Å². The van der Waals surface area contributed by atoms with Crippen LogP contribution in [0.4, 0.5) is 0 Å². The Kier molecular flexibility index (Phi) is 6.62. The minimum Gasteiger partial charge on any atom is -0.492 e. The van der Waals surface area contributed by atoms with Gasteiger partial charge in [0.25, 0.3) is 0 Å². The van der Waals surface area contributed by atoms with Crippen molar-refractivity contribution in [2.24, 2.45) is 0 Å². The van der Waals surface area contributed by atoms with Crippen molar-refractivity contribution < 1.29 is 18.3 Å². The summed E-state index contributed by atoms with van der Waals surface area (Å²) in [6, 6.07) is 12.5. The van der Waals surface area contributed by atoms with Gasteiger partial charge in [0, 0.05) is 35.8 Å². The maximum absolute atomic E-state index is 11.9. The summed E-state index contributed by atoms with van der Waals surface area (Å²) in [6.45, 7) is 1.33. The number of hydrogen-bond donors (Lipinski definition) is 4. The second kappa shape index (κ2) is 9.40. The minimum atomic E-state index is -3.54. The van der Waals surface area contributed by atoms with E-state index in [1.165, 1.54) is 48.7 Å². The molecule has 4 rings (SSSR count).